The Labute approximate surface area is 170 Å². The molecule has 0 aliphatic rings. The van der Waals surface area contributed by atoms with E-state index in [0.29, 0.717) is 17.1 Å². The van der Waals surface area contributed by atoms with Crippen LogP contribution in [0.2, 0.25) is 0 Å². The van der Waals surface area contributed by atoms with Gasteiger partial charge in [0.15, 0.2) is 9.84 Å². The molecule has 1 aromatic heterocycles. The number of hydrogen-bond acceptors (Lipinski definition) is 5. The molecule has 6 nitrogen and oxygen atoms in total. The normalized spacial score (nSPS) is 12.6. The van der Waals surface area contributed by atoms with Crippen molar-refractivity contribution in [1.82, 2.24) is 9.97 Å². The second-order valence-corrected chi connectivity index (χ2v) is 9.05. The number of aromatic nitrogens is 2. The molecule has 0 fully saturated rings. The number of nitrogens with one attached hydrogen (secondary N) is 1. The third-order valence-corrected chi connectivity index (χ3v) is 6.01. The number of nitrogens with zero attached hydrogens (tertiary/aromatic N) is 1. The van der Waals surface area contributed by atoms with Gasteiger partial charge in [-0.1, -0.05) is 37.3 Å². The van der Waals surface area contributed by atoms with Crippen LogP contribution in [0.4, 0.5) is 0 Å². The number of carbonyl (C=O) groups excluding carboxylic acids is 1. The van der Waals surface area contributed by atoms with Gasteiger partial charge in [-0.3, -0.25) is 4.79 Å². The van der Waals surface area contributed by atoms with E-state index in [1.54, 1.807) is 18.2 Å². The summed E-state index contributed by atoms with van der Waals surface area (Å²) in [5.41, 5.74) is 3.00. The molecule has 0 aliphatic heterocycles. The first kappa shape index (κ1) is 20.8. The molecular formula is C22H24N2O4S. The number of Topliss-reactive ketones (excluding diaryl/α,β-unsaturated/α-hetero) is 1. The molecule has 152 valence electrons. The number of rotatable bonds is 7. The summed E-state index contributed by atoms with van der Waals surface area (Å²) in [7, 11) is -2.03. The summed E-state index contributed by atoms with van der Waals surface area (Å²) in [5, 5.41) is 0. The average molecular weight is 413 g/mol. The van der Waals surface area contributed by atoms with E-state index in [1.165, 1.54) is 7.11 Å². The zero-order chi connectivity index (χ0) is 21.2. The molecule has 1 atom stereocenters. The number of ketones is 1. The van der Waals surface area contributed by atoms with Crippen molar-refractivity contribution in [3.63, 3.8) is 0 Å². The lowest BCUT2D eigenvalue weighted by atomic mass is 9.95. The highest BCUT2D eigenvalue weighted by Crippen LogP contribution is 2.30. The Kier molecular flexibility index (Phi) is 5.88. The molecule has 0 spiro atoms. The van der Waals surface area contributed by atoms with E-state index in [1.807, 2.05) is 44.2 Å². The minimum Gasteiger partial charge on any atom is -0.495 e. The van der Waals surface area contributed by atoms with E-state index >= 15 is 0 Å². The van der Waals surface area contributed by atoms with Gasteiger partial charge in [-0.25, -0.2) is 13.4 Å². The zero-order valence-electron chi connectivity index (χ0n) is 16.9. The van der Waals surface area contributed by atoms with Crippen LogP contribution in [0.3, 0.4) is 0 Å². The van der Waals surface area contributed by atoms with Crippen molar-refractivity contribution in [2.45, 2.75) is 31.1 Å². The Morgan fingerprint density at radius 1 is 1.17 bits per heavy atom. The highest BCUT2D eigenvalue weighted by atomic mass is 32.2. The Balaban J connectivity index is 1.88. The number of aryl methyl sites for hydroxylation is 1. The lowest BCUT2D eigenvalue weighted by Crippen LogP contribution is -2.13. The van der Waals surface area contributed by atoms with Crippen LogP contribution in [0.1, 0.15) is 29.9 Å². The molecule has 29 heavy (non-hydrogen) atoms. The van der Waals surface area contributed by atoms with Gasteiger partial charge >= 0.3 is 0 Å². The summed E-state index contributed by atoms with van der Waals surface area (Å²) < 4.78 is 29.3. The molecule has 2 aromatic carbocycles. The van der Waals surface area contributed by atoms with Crippen molar-refractivity contribution in [2.75, 3.05) is 13.4 Å². The standard InChI is InChI=1S/C22H24N2O4S/c1-14(16-8-6-5-7-9-16)18(25)13-21-23-15(2)22(24-21)17-10-11-19(28-3)20(12-17)29(4,26)27/h5-12,14H,13H2,1-4H3,(H,23,24). The van der Waals surface area contributed by atoms with Gasteiger partial charge in [-0.05, 0) is 30.7 Å². The van der Waals surface area contributed by atoms with Crippen LogP contribution in [0.5, 0.6) is 5.75 Å². The monoisotopic (exact) mass is 412 g/mol. The van der Waals surface area contributed by atoms with Crippen LogP contribution in [0.25, 0.3) is 11.3 Å². The summed E-state index contributed by atoms with van der Waals surface area (Å²) >= 11 is 0. The summed E-state index contributed by atoms with van der Waals surface area (Å²) in [6, 6.07) is 14.5. The fourth-order valence-corrected chi connectivity index (χ4v) is 4.10. The van der Waals surface area contributed by atoms with Crippen LogP contribution in [-0.4, -0.2) is 37.5 Å². The molecule has 1 unspecified atom stereocenters. The molecule has 3 rings (SSSR count). The minimum absolute atomic E-state index is 0.0584. The number of ether oxygens (including phenoxy) is 1. The highest BCUT2D eigenvalue weighted by molar-refractivity contribution is 7.90. The molecule has 0 bridgehead atoms. The molecule has 1 heterocycles. The van der Waals surface area contributed by atoms with Crippen molar-refractivity contribution >= 4 is 15.6 Å². The summed E-state index contributed by atoms with van der Waals surface area (Å²) in [6.07, 6.45) is 1.31. The van der Waals surface area contributed by atoms with Crippen molar-refractivity contribution in [1.29, 1.82) is 0 Å². The third-order valence-electron chi connectivity index (χ3n) is 4.89. The molecule has 1 N–H and O–H groups in total. The highest BCUT2D eigenvalue weighted by Gasteiger charge is 2.20. The predicted molar refractivity (Wildman–Crippen MR) is 112 cm³/mol. The maximum absolute atomic E-state index is 12.7. The fraction of sp³-hybridized carbons (Fsp3) is 0.273. The van der Waals surface area contributed by atoms with Crippen molar-refractivity contribution in [3.05, 3.63) is 65.6 Å². The second-order valence-electron chi connectivity index (χ2n) is 7.07. The Bertz CT molecular complexity index is 1130. The maximum Gasteiger partial charge on any atom is 0.179 e. The van der Waals surface area contributed by atoms with Crippen molar-refractivity contribution in [3.8, 4) is 17.0 Å². The Morgan fingerprint density at radius 2 is 1.86 bits per heavy atom. The maximum atomic E-state index is 12.7. The Morgan fingerprint density at radius 3 is 2.48 bits per heavy atom. The van der Waals surface area contributed by atoms with Crippen LogP contribution in [0, 0.1) is 6.92 Å². The Hall–Kier alpha value is -2.93. The summed E-state index contributed by atoms with van der Waals surface area (Å²) in [5.74, 6) is 0.671. The molecule has 0 radical (unpaired) electrons. The van der Waals surface area contributed by atoms with Gasteiger partial charge in [-0.15, -0.1) is 0 Å². The molecule has 0 saturated carbocycles. The first-order chi connectivity index (χ1) is 13.7. The minimum atomic E-state index is -3.46. The smallest absolute Gasteiger partial charge is 0.179 e. The summed E-state index contributed by atoms with van der Waals surface area (Å²) in [6.45, 7) is 3.73. The number of carbonyl (C=O) groups is 1. The van der Waals surface area contributed by atoms with Crippen LogP contribution in [-0.2, 0) is 21.1 Å². The number of H-pyrrole nitrogens is 1. The van der Waals surface area contributed by atoms with E-state index in [9.17, 15) is 13.2 Å². The molecular weight excluding hydrogens is 388 g/mol. The van der Waals surface area contributed by atoms with Crippen LogP contribution < -0.4 is 4.74 Å². The molecule has 0 amide bonds. The van der Waals surface area contributed by atoms with Crippen LogP contribution >= 0.6 is 0 Å². The number of benzene rings is 2. The molecule has 0 aliphatic carbocycles. The quantitative estimate of drug-likeness (QED) is 0.639. The van der Waals surface area contributed by atoms with Gasteiger partial charge in [0.1, 0.15) is 22.3 Å². The van der Waals surface area contributed by atoms with Crippen LogP contribution in [0.15, 0.2) is 53.4 Å². The fourth-order valence-electron chi connectivity index (χ4n) is 3.25. The van der Waals surface area contributed by atoms with E-state index in [0.717, 1.165) is 17.5 Å². The molecule has 7 heteroatoms. The molecule has 0 saturated heterocycles. The van der Waals surface area contributed by atoms with Gasteiger partial charge in [0.25, 0.3) is 0 Å². The van der Waals surface area contributed by atoms with Gasteiger partial charge in [0, 0.05) is 23.4 Å². The van der Waals surface area contributed by atoms with E-state index < -0.39 is 9.84 Å². The second kappa shape index (κ2) is 8.21. The van der Waals surface area contributed by atoms with E-state index in [4.69, 9.17) is 4.74 Å². The van der Waals surface area contributed by atoms with Crippen molar-refractivity contribution < 1.29 is 17.9 Å². The van der Waals surface area contributed by atoms with E-state index in [2.05, 4.69) is 9.97 Å². The average Bonchev–Trinajstić information content (AvgIpc) is 3.06. The number of methoxy groups -OCH3 is 1. The lowest BCUT2D eigenvalue weighted by Gasteiger charge is -2.09. The van der Waals surface area contributed by atoms with E-state index in [-0.39, 0.29) is 28.8 Å². The SMILES string of the molecule is COc1ccc(-c2nc(CC(=O)C(C)c3ccccc3)[nH]c2C)cc1S(C)(=O)=O. The van der Waals surface area contributed by atoms with Gasteiger partial charge < -0.3 is 9.72 Å². The van der Waals surface area contributed by atoms with Crippen molar-refractivity contribution in [2.24, 2.45) is 0 Å². The lowest BCUT2D eigenvalue weighted by molar-refractivity contribution is -0.119. The van der Waals surface area contributed by atoms with Gasteiger partial charge in [0.05, 0.1) is 19.2 Å². The topological polar surface area (TPSA) is 89.1 Å². The number of hydrogen-bond donors (Lipinski definition) is 1. The number of imidazole rings is 1. The zero-order valence-corrected chi connectivity index (χ0v) is 17.7. The largest absolute Gasteiger partial charge is 0.495 e. The first-order valence-corrected chi connectivity index (χ1v) is 11.1. The predicted octanol–water partition coefficient (Wildman–Crippen LogP) is 3.71. The number of aromatic amines is 1. The van der Waals surface area contributed by atoms with Gasteiger partial charge in [-0.2, -0.15) is 0 Å². The molecule has 3 aromatic rings. The first-order valence-electron chi connectivity index (χ1n) is 9.22. The third kappa shape index (κ3) is 4.56. The number of sulfone groups is 1. The van der Waals surface area contributed by atoms with Gasteiger partial charge in [0.2, 0.25) is 0 Å². The summed E-state index contributed by atoms with van der Waals surface area (Å²) in [4.78, 5) is 20.5.